The van der Waals surface area contributed by atoms with E-state index in [2.05, 4.69) is 19.2 Å². The van der Waals surface area contributed by atoms with Crippen LogP contribution in [0, 0.1) is 11.8 Å². The molecule has 3 rings (SSSR count). The Morgan fingerprint density at radius 3 is 2.22 bits per heavy atom. The number of rotatable bonds is 10. The van der Waals surface area contributed by atoms with Gasteiger partial charge in [0.2, 0.25) is 11.8 Å². The maximum Gasteiger partial charge on any atom is 0.251 e. The largest absolute Gasteiger partial charge is 0.378 e. The molecule has 2 aliphatic heterocycles. The van der Waals surface area contributed by atoms with Gasteiger partial charge in [-0.1, -0.05) is 27.7 Å². The first-order valence-corrected chi connectivity index (χ1v) is 13.4. The second-order valence-electron chi connectivity index (χ2n) is 11.4. The van der Waals surface area contributed by atoms with E-state index in [4.69, 9.17) is 5.73 Å². The average molecular weight is 514 g/mol. The van der Waals surface area contributed by atoms with Gasteiger partial charge in [-0.15, -0.1) is 0 Å². The van der Waals surface area contributed by atoms with Crippen molar-refractivity contribution in [2.24, 2.45) is 17.6 Å². The fourth-order valence-electron chi connectivity index (χ4n) is 5.25. The summed E-state index contributed by atoms with van der Waals surface area (Å²) >= 11 is 0. The normalized spacial score (nSPS) is 20.8. The molecule has 9 heteroatoms. The first-order valence-electron chi connectivity index (χ1n) is 13.4. The van der Waals surface area contributed by atoms with E-state index in [0.29, 0.717) is 37.3 Å². The standard InChI is InChI=1S/C28H43N5O4/c1-17(2)7-12-21(29)27(36)33-16-24(34)25-23(33)13-14-32(25)28(37)22(15-18(3)4)30-26(35)19-8-10-20(11-9-19)31(5)6/h8-11,17-18,21-23,25H,7,12-16,29H2,1-6H3,(H,30,35)/t21-,22-,23+,25-/m0/s1. The number of Topliss-reactive ketones (excluding diaryl/α,β-unsaturated/α-hetero) is 1. The minimum absolute atomic E-state index is 0.0211. The van der Waals surface area contributed by atoms with Gasteiger partial charge in [0.05, 0.1) is 18.6 Å². The number of nitrogens with two attached hydrogens (primary N) is 1. The second kappa shape index (κ2) is 12.1. The number of nitrogens with zero attached hydrogens (tertiary/aromatic N) is 3. The molecule has 4 atom stereocenters. The van der Waals surface area contributed by atoms with Gasteiger partial charge in [-0.05, 0) is 61.8 Å². The monoisotopic (exact) mass is 513 g/mol. The third kappa shape index (κ3) is 6.69. The summed E-state index contributed by atoms with van der Waals surface area (Å²) in [6, 6.07) is 4.74. The van der Waals surface area contributed by atoms with Crippen LogP contribution in [0.25, 0.3) is 0 Å². The highest BCUT2D eigenvalue weighted by molar-refractivity contribution is 6.01. The van der Waals surface area contributed by atoms with Crippen LogP contribution in [-0.2, 0) is 14.4 Å². The highest BCUT2D eigenvalue weighted by Crippen LogP contribution is 2.31. The zero-order valence-corrected chi connectivity index (χ0v) is 23.1. The van der Waals surface area contributed by atoms with Crippen LogP contribution in [0.15, 0.2) is 24.3 Å². The van der Waals surface area contributed by atoms with Gasteiger partial charge in [-0.25, -0.2) is 0 Å². The van der Waals surface area contributed by atoms with Gasteiger partial charge in [0, 0.05) is 31.9 Å². The van der Waals surface area contributed by atoms with Crippen LogP contribution in [0.4, 0.5) is 5.69 Å². The number of carbonyl (C=O) groups is 4. The topological polar surface area (TPSA) is 116 Å². The summed E-state index contributed by atoms with van der Waals surface area (Å²) in [7, 11) is 3.85. The summed E-state index contributed by atoms with van der Waals surface area (Å²) in [5.74, 6) is -0.374. The molecule has 0 unspecified atom stereocenters. The highest BCUT2D eigenvalue weighted by Gasteiger charge is 2.52. The van der Waals surface area contributed by atoms with Crippen LogP contribution in [0.5, 0.6) is 0 Å². The Morgan fingerprint density at radius 2 is 1.65 bits per heavy atom. The molecule has 0 radical (unpaired) electrons. The number of carbonyl (C=O) groups excluding carboxylic acids is 4. The predicted molar refractivity (Wildman–Crippen MR) is 144 cm³/mol. The summed E-state index contributed by atoms with van der Waals surface area (Å²) in [4.78, 5) is 57.9. The number of fused-ring (bicyclic) bond motifs is 1. The number of nitrogens with one attached hydrogen (secondary N) is 1. The van der Waals surface area contributed by atoms with Crippen LogP contribution >= 0.6 is 0 Å². The summed E-state index contributed by atoms with van der Waals surface area (Å²) in [6.07, 6.45) is 2.38. The molecule has 0 spiro atoms. The van der Waals surface area contributed by atoms with Crippen molar-refractivity contribution in [3.05, 3.63) is 29.8 Å². The second-order valence-corrected chi connectivity index (χ2v) is 11.4. The van der Waals surface area contributed by atoms with Crippen molar-refractivity contribution in [2.75, 3.05) is 32.1 Å². The van der Waals surface area contributed by atoms with E-state index in [-0.39, 0.29) is 42.0 Å². The number of likely N-dealkylation sites (tertiary alicyclic amines) is 2. The first kappa shape index (κ1) is 28.6. The van der Waals surface area contributed by atoms with Gasteiger partial charge < -0.3 is 25.8 Å². The number of hydrogen-bond acceptors (Lipinski definition) is 6. The van der Waals surface area contributed by atoms with E-state index in [9.17, 15) is 19.2 Å². The smallest absolute Gasteiger partial charge is 0.251 e. The van der Waals surface area contributed by atoms with Gasteiger partial charge >= 0.3 is 0 Å². The average Bonchev–Trinajstić information content (AvgIpc) is 3.42. The Bertz CT molecular complexity index is 991. The summed E-state index contributed by atoms with van der Waals surface area (Å²) < 4.78 is 0. The fraction of sp³-hybridized carbons (Fsp3) is 0.643. The molecule has 2 fully saturated rings. The fourth-order valence-corrected chi connectivity index (χ4v) is 5.25. The number of ketones is 1. The molecule has 3 amide bonds. The van der Waals surface area contributed by atoms with Gasteiger partial charge in [0.15, 0.2) is 5.78 Å². The maximum absolute atomic E-state index is 13.7. The molecule has 2 heterocycles. The molecule has 1 aromatic rings. The SMILES string of the molecule is CC(C)CC[C@H](N)C(=O)N1CC(=O)[C@@H]2[C@H]1CCN2C(=O)[C@H](CC(C)C)NC(=O)c1ccc(N(C)C)cc1. The molecule has 1 aromatic carbocycles. The van der Waals surface area contributed by atoms with Crippen molar-refractivity contribution in [1.82, 2.24) is 15.1 Å². The minimum Gasteiger partial charge on any atom is -0.378 e. The molecule has 37 heavy (non-hydrogen) atoms. The summed E-state index contributed by atoms with van der Waals surface area (Å²) in [5.41, 5.74) is 7.61. The van der Waals surface area contributed by atoms with Crippen molar-refractivity contribution in [3.63, 3.8) is 0 Å². The van der Waals surface area contributed by atoms with Crippen molar-refractivity contribution < 1.29 is 19.2 Å². The third-order valence-electron chi connectivity index (χ3n) is 7.32. The number of hydrogen-bond donors (Lipinski definition) is 2. The van der Waals surface area contributed by atoms with E-state index < -0.39 is 18.1 Å². The van der Waals surface area contributed by atoms with Gasteiger partial charge in [-0.2, -0.15) is 0 Å². The molecule has 0 aliphatic carbocycles. The number of amides is 3. The van der Waals surface area contributed by atoms with Crippen molar-refractivity contribution in [1.29, 1.82) is 0 Å². The van der Waals surface area contributed by atoms with Crippen LogP contribution in [0.1, 0.15) is 63.7 Å². The number of anilines is 1. The van der Waals surface area contributed by atoms with Crippen LogP contribution < -0.4 is 16.0 Å². The lowest BCUT2D eigenvalue weighted by atomic mass is 10.0. The van der Waals surface area contributed by atoms with Gasteiger partial charge in [0.25, 0.3) is 5.91 Å². The number of benzene rings is 1. The van der Waals surface area contributed by atoms with E-state index >= 15 is 0 Å². The highest BCUT2D eigenvalue weighted by atomic mass is 16.2. The summed E-state index contributed by atoms with van der Waals surface area (Å²) in [5, 5.41) is 2.91. The lowest BCUT2D eigenvalue weighted by Crippen LogP contribution is -2.53. The molecule has 2 saturated heterocycles. The predicted octanol–water partition coefficient (Wildman–Crippen LogP) is 2.04. The lowest BCUT2D eigenvalue weighted by Gasteiger charge is -2.29. The molecule has 2 aliphatic rings. The maximum atomic E-state index is 13.7. The van der Waals surface area contributed by atoms with Crippen LogP contribution in [0.3, 0.4) is 0 Å². The zero-order valence-electron chi connectivity index (χ0n) is 23.1. The van der Waals surface area contributed by atoms with E-state index in [1.807, 2.05) is 45.0 Å². The van der Waals surface area contributed by atoms with Gasteiger partial charge in [-0.3, -0.25) is 19.2 Å². The molecule has 0 bridgehead atoms. The minimum atomic E-state index is -0.759. The molecule has 3 N–H and O–H groups in total. The first-order chi connectivity index (χ1) is 17.4. The molecule has 204 valence electrons. The van der Waals surface area contributed by atoms with Crippen LogP contribution in [-0.4, -0.2) is 84.7 Å². The van der Waals surface area contributed by atoms with E-state index in [0.717, 1.165) is 12.1 Å². The lowest BCUT2D eigenvalue weighted by molar-refractivity contribution is -0.138. The van der Waals surface area contributed by atoms with Crippen LogP contribution in [0.2, 0.25) is 0 Å². The summed E-state index contributed by atoms with van der Waals surface area (Å²) in [6.45, 7) is 8.49. The van der Waals surface area contributed by atoms with E-state index in [1.54, 1.807) is 21.9 Å². The zero-order chi connectivity index (χ0) is 27.4. The van der Waals surface area contributed by atoms with E-state index in [1.165, 1.54) is 0 Å². The van der Waals surface area contributed by atoms with Crippen molar-refractivity contribution in [3.8, 4) is 0 Å². The molecule has 0 aromatic heterocycles. The third-order valence-corrected chi connectivity index (χ3v) is 7.32. The van der Waals surface area contributed by atoms with Gasteiger partial charge in [0.1, 0.15) is 12.1 Å². The molecule has 9 nitrogen and oxygen atoms in total. The Hall–Kier alpha value is -2.94. The molecular weight excluding hydrogens is 470 g/mol. The molecular formula is C28H43N5O4. The quantitative estimate of drug-likeness (QED) is 0.495. The Morgan fingerprint density at radius 1 is 1.00 bits per heavy atom. The van der Waals surface area contributed by atoms with Crippen molar-refractivity contribution >= 4 is 29.2 Å². The van der Waals surface area contributed by atoms with Crippen molar-refractivity contribution in [2.45, 2.75) is 77.5 Å². The Balaban J connectivity index is 1.72. The Kier molecular flexibility index (Phi) is 9.34. The molecule has 0 saturated carbocycles. The Labute approximate surface area is 220 Å².